The summed E-state index contributed by atoms with van der Waals surface area (Å²) in [7, 11) is 0. The highest BCUT2D eigenvalue weighted by atomic mass is 127. The average Bonchev–Trinajstić information content (AvgIpc) is 2.25. The van der Waals surface area contributed by atoms with Gasteiger partial charge in [-0.15, -0.1) is 24.0 Å². The number of aliphatic imine (C=N–C) groups is 1. The minimum absolute atomic E-state index is 0. The second kappa shape index (κ2) is 7.81. The molecule has 1 aliphatic heterocycles. The Morgan fingerprint density at radius 2 is 1.83 bits per heavy atom. The Balaban J connectivity index is 0.00000289. The molecule has 0 saturated carbocycles. The molecule has 0 radical (unpaired) electrons. The lowest BCUT2D eigenvalue weighted by Crippen LogP contribution is -2.41. The van der Waals surface area contributed by atoms with E-state index in [2.05, 4.69) is 4.99 Å². The molecule has 106 valence electrons. The smallest absolute Gasteiger partial charge is 0.328 e. The number of rotatable bonds is 2. The second-order valence-electron chi connectivity index (χ2n) is 5.31. The summed E-state index contributed by atoms with van der Waals surface area (Å²) in [5.41, 5.74) is 5.36. The molecule has 5 nitrogen and oxygen atoms in total. The van der Waals surface area contributed by atoms with Gasteiger partial charge in [0.2, 0.25) is 0 Å². The van der Waals surface area contributed by atoms with Crippen LogP contribution in [0.5, 0.6) is 0 Å². The van der Waals surface area contributed by atoms with Crippen LogP contribution in [0.3, 0.4) is 0 Å². The number of nitrogens with two attached hydrogens (primary N) is 1. The van der Waals surface area contributed by atoms with Crippen molar-refractivity contribution in [2.24, 2.45) is 10.7 Å². The maximum Gasteiger partial charge on any atom is 0.328 e. The van der Waals surface area contributed by atoms with E-state index >= 15 is 0 Å². The van der Waals surface area contributed by atoms with Gasteiger partial charge in [-0.05, 0) is 40.0 Å². The molecule has 0 aromatic carbocycles. The quantitative estimate of drug-likeness (QED) is 0.349. The number of ether oxygens (including phenoxy) is 1. The van der Waals surface area contributed by atoms with Crippen LogP contribution >= 0.6 is 24.0 Å². The molecular formula is C12H24IN3O2. The van der Waals surface area contributed by atoms with Gasteiger partial charge in [-0.3, -0.25) is 4.79 Å². The number of halogens is 1. The molecule has 0 aliphatic carbocycles. The third-order valence-corrected chi connectivity index (χ3v) is 2.47. The molecular weight excluding hydrogens is 345 g/mol. The van der Waals surface area contributed by atoms with Crippen molar-refractivity contribution < 1.29 is 9.53 Å². The first kappa shape index (κ1) is 17.5. The fourth-order valence-electron chi connectivity index (χ4n) is 1.74. The van der Waals surface area contributed by atoms with Crippen LogP contribution in [-0.4, -0.2) is 42.1 Å². The van der Waals surface area contributed by atoms with Crippen LogP contribution in [0, 0.1) is 0 Å². The third kappa shape index (κ3) is 7.03. The third-order valence-electron chi connectivity index (χ3n) is 2.47. The zero-order chi connectivity index (χ0) is 12.9. The van der Waals surface area contributed by atoms with Crippen molar-refractivity contribution in [3.8, 4) is 0 Å². The summed E-state index contributed by atoms with van der Waals surface area (Å²) in [5.74, 6) is 0.119. The summed E-state index contributed by atoms with van der Waals surface area (Å²) in [6.07, 6.45) is 3.53. The Labute approximate surface area is 126 Å². The van der Waals surface area contributed by atoms with Gasteiger partial charge in [0, 0.05) is 13.1 Å². The molecule has 0 atom stereocenters. The number of piperidine rings is 1. The number of hydrogen-bond acceptors (Lipinski definition) is 3. The molecule has 0 spiro atoms. The van der Waals surface area contributed by atoms with Gasteiger partial charge < -0.3 is 15.4 Å². The molecule has 18 heavy (non-hydrogen) atoms. The van der Waals surface area contributed by atoms with Crippen molar-refractivity contribution in [1.29, 1.82) is 0 Å². The molecule has 1 fully saturated rings. The van der Waals surface area contributed by atoms with Crippen LogP contribution < -0.4 is 5.73 Å². The van der Waals surface area contributed by atoms with Crippen LogP contribution in [0.2, 0.25) is 0 Å². The monoisotopic (exact) mass is 369 g/mol. The summed E-state index contributed by atoms with van der Waals surface area (Å²) in [4.78, 5) is 17.5. The van der Waals surface area contributed by atoms with Crippen LogP contribution in [0.1, 0.15) is 40.0 Å². The molecule has 0 amide bonds. The molecule has 2 N–H and O–H groups in total. The molecule has 0 bridgehead atoms. The summed E-state index contributed by atoms with van der Waals surface area (Å²) >= 11 is 0. The Hall–Kier alpha value is -0.530. The first-order chi connectivity index (χ1) is 7.88. The van der Waals surface area contributed by atoms with Crippen LogP contribution in [0.25, 0.3) is 0 Å². The van der Waals surface area contributed by atoms with E-state index < -0.39 is 5.60 Å². The van der Waals surface area contributed by atoms with Gasteiger partial charge in [0.05, 0.1) is 0 Å². The van der Waals surface area contributed by atoms with Crippen molar-refractivity contribution in [2.45, 2.75) is 45.6 Å². The van der Waals surface area contributed by atoms with Crippen molar-refractivity contribution >= 4 is 35.9 Å². The summed E-state index contributed by atoms with van der Waals surface area (Å²) in [5, 5.41) is 0. The van der Waals surface area contributed by atoms with E-state index in [-0.39, 0.29) is 36.5 Å². The van der Waals surface area contributed by atoms with Gasteiger partial charge in [0.15, 0.2) is 5.96 Å². The first-order valence-electron chi connectivity index (χ1n) is 6.15. The number of likely N-dealkylation sites (tertiary alicyclic amines) is 1. The van der Waals surface area contributed by atoms with E-state index in [9.17, 15) is 4.79 Å². The highest BCUT2D eigenvalue weighted by molar-refractivity contribution is 14.0. The lowest BCUT2D eigenvalue weighted by Gasteiger charge is -2.27. The van der Waals surface area contributed by atoms with Gasteiger partial charge >= 0.3 is 5.97 Å². The van der Waals surface area contributed by atoms with Gasteiger partial charge in [-0.2, -0.15) is 0 Å². The number of nitrogens with zero attached hydrogens (tertiary/aromatic N) is 2. The molecule has 0 unspecified atom stereocenters. The number of carbonyl (C=O) groups is 1. The fourth-order valence-corrected chi connectivity index (χ4v) is 1.74. The fraction of sp³-hybridized carbons (Fsp3) is 0.833. The molecule has 1 saturated heterocycles. The minimum Gasteiger partial charge on any atom is -0.459 e. The van der Waals surface area contributed by atoms with E-state index in [1.54, 1.807) is 0 Å². The van der Waals surface area contributed by atoms with Crippen LogP contribution in [0.4, 0.5) is 0 Å². The van der Waals surface area contributed by atoms with Crippen LogP contribution in [-0.2, 0) is 9.53 Å². The zero-order valence-electron chi connectivity index (χ0n) is 11.4. The lowest BCUT2D eigenvalue weighted by molar-refractivity contribution is -0.152. The Kier molecular flexibility index (Phi) is 7.58. The molecule has 0 aromatic rings. The van der Waals surface area contributed by atoms with E-state index in [0.717, 1.165) is 25.9 Å². The Morgan fingerprint density at radius 3 is 2.33 bits per heavy atom. The highest BCUT2D eigenvalue weighted by Crippen LogP contribution is 2.09. The normalized spacial score (nSPS) is 17.1. The first-order valence-corrected chi connectivity index (χ1v) is 6.15. The molecule has 0 aromatic heterocycles. The van der Waals surface area contributed by atoms with E-state index in [1.807, 2.05) is 25.7 Å². The molecule has 1 aliphatic rings. The maximum atomic E-state index is 11.4. The van der Waals surface area contributed by atoms with Crippen molar-refractivity contribution in [1.82, 2.24) is 4.90 Å². The van der Waals surface area contributed by atoms with Crippen molar-refractivity contribution in [3.05, 3.63) is 0 Å². The average molecular weight is 369 g/mol. The lowest BCUT2D eigenvalue weighted by atomic mass is 10.1. The van der Waals surface area contributed by atoms with Crippen molar-refractivity contribution in [3.63, 3.8) is 0 Å². The number of esters is 1. The zero-order valence-corrected chi connectivity index (χ0v) is 13.8. The SMILES string of the molecule is CC(C)(C)OC(=O)CN=C(N)N1CCCCC1.I. The van der Waals surface area contributed by atoms with E-state index in [4.69, 9.17) is 10.5 Å². The molecule has 6 heteroatoms. The van der Waals surface area contributed by atoms with Crippen LogP contribution in [0.15, 0.2) is 4.99 Å². The predicted molar refractivity (Wildman–Crippen MR) is 83.2 cm³/mol. The van der Waals surface area contributed by atoms with E-state index in [1.165, 1.54) is 6.42 Å². The Morgan fingerprint density at radius 1 is 1.28 bits per heavy atom. The molecule has 1 rings (SSSR count). The summed E-state index contributed by atoms with van der Waals surface area (Å²) in [6, 6.07) is 0. The second-order valence-corrected chi connectivity index (χ2v) is 5.31. The van der Waals surface area contributed by atoms with Gasteiger partial charge in [0.25, 0.3) is 0 Å². The van der Waals surface area contributed by atoms with Crippen molar-refractivity contribution in [2.75, 3.05) is 19.6 Å². The number of guanidine groups is 1. The predicted octanol–water partition coefficient (Wildman–Crippen LogP) is 1.75. The summed E-state index contributed by atoms with van der Waals surface area (Å²) < 4.78 is 5.16. The summed E-state index contributed by atoms with van der Waals surface area (Å²) in [6.45, 7) is 7.38. The van der Waals surface area contributed by atoms with Gasteiger partial charge in [-0.1, -0.05) is 0 Å². The van der Waals surface area contributed by atoms with Gasteiger partial charge in [0.1, 0.15) is 12.1 Å². The van der Waals surface area contributed by atoms with Gasteiger partial charge in [-0.25, -0.2) is 4.99 Å². The minimum atomic E-state index is -0.466. The number of hydrogen-bond donors (Lipinski definition) is 1. The molecule has 1 heterocycles. The standard InChI is InChI=1S/C12H23N3O2.HI/c1-12(2,3)17-10(16)9-14-11(13)15-7-5-4-6-8-15;/h4-9H2,1-3H3,(H2,13,14);1H. The number of carbonyl (C=O) groups excluding carboxylic acids is 1. The topological polar surface area (TPSA) is 67.9 Å². The van der Waals surface area contributed by atoms with E-state index in [0.29, 0.717) is 5.96 Å². The Bertz CT molecular complexity index is 294. The highest BCUT2D eigenvalue weighted by Gasteiger charge is 2.16. The maximum absolute atomic E-state index is 11.4. The largest absolute Gasteiger partial charge is 0.459 e.